The van der Waals surface area contributed by atoms with Gasteiger partial charge in [0.05, 0.1) is 12.5 Å². The number of aromatic nitrogens is 3. The molecule has 16 heavy (non-hydrogen) atoms. The molecule has 1 fully saturated rings. The van der Waals surface area contributed by atoms with Crippen molar-refractivity contribution < 1.29 is 9.47 Å². The van der Waals surface area contributed by atoms with Crippen molar-refractivity contribution in [1.29, 1.82) is 0 Å². The molecule has 90 valence electrons. The van der Waals surface area contributed by atoms with Crippen molar-refractivity contribution in [3.63, 3.8) is 0 Å². The van der Waals surface area contributed by atoms with E-state index in [-0.39, 0.29) is 6.10 Å². The Bertz CT molecular complexity index is 337. The molecule has 0 saturated carbocycles. The fourth-order valence-corrected chi connectivity index (χ4v) is 2.09. The van der Waals surface area contributed by atoms with Crippen LogP contribution in [0.15, 0.2) is 0 Å². The van der Waals surface area contributed by atoms with E-state index in [1.165, 1.54) is 0 Å². The third-order valence-electron chi connectivity index (χ3n) is 2.71. The number of hydrogen-bond donors (Lipinski definition) is 0. The van der Waals surface area contributed by atoms with Gasteiger partial charge in [-0.05, 0) is 12.8 Å². The van der Waals surface area contributed by atoms with E-state index in [0.29, 0.717) is 12.5 Å². The Morgan fingerprint density at radius 2 is 2.44 bits per heavy atom. The van der Waals surface area contributed by atoms with E-state index < -0.39 is 0 Å². The minimum Gasteiger partial charge on any atom is -0.383 e. The summed E-state index contributed by atoms with van der Waals surface area (Å²) < 4.78 is 12.7. The van der Waals surface area contributed by atoms with Crippen LogP contribution in [0.1, 0.15) is 30.6 Å². The maximum absolute atomic E-state index is 5.83. The Morgan fingerprint density at radius 3 is 3.06 bits per heavy atom. The average Bonchev–Trinajstić information content (AvgIpc) is 2.94. The summed E-state index contributed by atoms with van der Waals surface area (Å²) in [7, 11) is 1.68. The van der Waals surface area contributed by atoms with Crippen LogP contribution in [0, 0.1) is 0 Å². The summed E-state index contributed by atoms with van der Waals surface area (Å²) in [5, 5.41) is 8.25. The van der Waals surface area contributed by atoms with Gasteiger partial charge in [0.15, 0.2) is 5.82 Å². The predicted molar refractivity (Wildman–Crippen MR) is 59.4 cm³/mol. The third-order valence-corrected chi connectivity index (χ3v) is 2.95. The lowest BCUT2D eigenvalue weighted by atomic mass is 10.2. The van der Waals surface area contributed by atoms with E-state index in [0.717, 1.165) is 37.6 Å². The number of rotatable bonds is 5. The van der Waals surface area contributed by atoms with Crippen molar-refractivity contribution in [2.24, 2.45) is 0 Å². The molecule has 1 atom stereocenters. The number of halogens is 1. The van der Waals surface area contributed by atoms with Gasteiger partial charge in [-0.1, -0.05) is 0 Å². The number of alkyl halides is 1. The molecule has 6 heteroatoms. The Balaban J connectivity index is 2.18. The van der Waals surface area contributed by atoms with E-state index in [4.69, 9.17) is 21.1 Å². The topological polar surface area (TPSA) is 49.2 Å². The molecule has 1 aliphatic heterocycles. The van der Waals surface area contributed by atoms with Crippen molar-refractivity contribution in [1.82, 2.24) is 14.8 Å². The molecule has 2 rings (SSSR count). The highest BCUT2D eigenvalue weighted by Gasteiger charge is 2.24. The van der Waals surface area contributed by atoms with Crippen LogP contribution >= 0.6 is 11.6 Å². The second kappa shape index (κ2) is 5.61. The highest BCUT2D eigenvalue weighted by molar-refractivity contribution is 6.16. The van der Waals surface area contributed by atoms with Crippen molar-refractivity contribution in [2.45, 2.75) is 31.4 Å². The van der Waals surface area contributed by atoms with Crippen LogP contribution in [-0.2, 0) is 21.9 Å². The third kappa shape index (κ3) is 2.36. The zero-order valence-corrected chi connectivity index (χ0v) is 10.1. The van der Waals surface area contributed by atoms with E-state index in [9.17, 15) is 0 Å². The van der Waals surface area contributed by atoms with Crippen LogP contribution in [0.4, 0.5) is 0 Å². The monoisotopic (exact) mass is 245 g/mol. The number of ether oxygens (including phenoxy) is 2. The minimum atomic E-state index is 0.0707. The predicted octanol–water partition coefficient (Wildman–Crippen LogP) is 1.51. The van der Waals surface area contributed by atoms with Gasteiger partial charge in [0.2, 0.25) is 0 Å². The van der Waals surface area contributed by atoms with E-state index in [1.807, 2.05) is 4.57 Å². The van der Waals surface area contributed by atoms with Gasteiger partial charge in [-0.2, -0.15) is 0 Å². The first kappa shape index (κ1) is 11.8. The molecule has 0 bridgehead atoms. The molecule has 0 aliphatic carbocycles. The van der Waals surface area contributed by atoms with Crippen molar-refractivity contribution in [3.05, 3.63) is 11.6 Å². The standard InChI is InChI=1S/C10H16ClN3O2/c1-15-6-4-14-9(7-11)12-13-10(14)8-3-2-5-16-8/h8H,2-7H2,1H3. The van der Waals surface area contributed by atoms with Crippen LogP contribution in [0.25, 0.3) is 0 Å². The molecule has 5 nitrogen and oxygen atoms in total. The SMILES string of the molecule is COCCn1c(CCl)nnc1C1CCCO1. The van der Waals surface area contributed by atoms with Crippen LogP contribution in [0.5, 0.6) is 0 Å². The number of methoxy groups -OCH3 is 1. The van der Waals surface area contributed by atoms with E-state index in [2.05, 4.69) is 10.2 Å². The van der Waals surface area contributed by atoms with Gasteiger partial charge in [-0.25, -0.2) is 0 Å². The van der Waals surface area contributed by atoms with E-state index >= 15 is 0 Å². The van der Waals surface area contributed by atoms with Gasteiger partial charge in [0.1, 0.15) is 11.9 Å². The molecule has 0 aromatic carbocycles. The Kier molecular flexibility index (Phi) is 4.15. The summed E-state index contributed by atoms with van der Waals surface area (Å²) in [6.45, 7) is 2.15. The lowest BCUT2D eigenvalue weighted by Gasteiger charge is -2.12. The first-order valence-electron chi connectivity index (χ1n) is 5.45. The molecule has 2 heterocycles. The van der Waals surface area contributed by atoms with E-state index in [1.54, 1.807) is 7.11 Å². The van der Waals surface area contributed by atoms with Gasteiger partial charge in [0.25, 0.3) is 0 Å². The molecule has 1 aromatic heterocycles. The summed E-state index contributed by atoms with van der Waals surface area (Å²) in [6, 6.07) is 0. The second-order valence-corrected chi connectivity index (χ2v) is 4.02. The Morgan fingerprint density at radius 1 is 1.56 bits per heavy atom. The van der Waals surface area contributed by atoms with Crippen LogP contribution in [0.2, 0.25) is 0 Å². The van der Waals surface area contributed by atoms with Gasteiger partial charge < -0.3 is 14.0 Å². The van der Waals surface area contributed by atoms with Gasteiger partial charge in [0, 0.05) is 20.3 Å². The van der Waals surface area contributed by atoms with Crippen LogP contribution < -0.4 is 0 Å². The highest BCUT2D eigenvalue weighted by atomic mass is 35.5. The maximum Gasteiger partial charge on any atom is 0.162 e. The van der Waals surface area contributed by atoms with Gasteiger partial charge in [-0.3, -0.25) is 0 Å². The second-order valence-electron chi connectivity index (χ2n) is 3.75. The summed E-state index contributed by atoms with van der Waals surface area (Å²) in [4.78, 5) is 0. The summed E-state index contributed by atoms with van der Waals surface area (Å²) in [5.74, 6) is 2.03. The molecular formula is C10H16ClN3O2. The zero-order valence-electron chi connectivity index (χ0n) is 9.36. The maximum atomic E-state index is 5.83. The molecule has 1 aliphatic rings. The highest BCUT2D eigenvalue weighted by Crippen LogP contribution is 2.27. The van der Waals surface area contributed by atoms with Gasteiger partial charge >= 0.3 is 0 Å². The normalized spacial score (nSPS) is 20.5. The van der Waals surface area contributed by atoms with Crippen LogP contribution in [-0.4, -0.2) is 35.1 Å². The molecular weight excluding hydrogens is 230 g/mol. The quantitative estimate of drug-likeness (QED) is 0.738. The fourth-order valence-electron chi connectivity index (χ4n) is 1.89. The number of nitrogens with zero attached hydrogens (tertiary/aromatic N) is 3. The molecule has 1 saturated heterocycles. The van der Waals surface area contributed by atoms with Gasteiger partial charge in [-0.15, -0.1) is 21.8 Å². The molecule has 0 spiro atoms. The summed E-state index contributed by atoms with van der Waals surface area (Å²) >= 11 is 5.83. The van der Waals surface area contributed by atoms with Crippen molar-refractivity contribution in [2.75, 3.05) is 20.3 Å². The smallest absolute Gasteiger partial charge is 0.162 e. The minimum absolute atomic E-state index is 0.0707. The zero-order chi connectivity index (χ0) is 11.4. The molecule has 0 N–H and O–H groups in total. The molecule has 0 radical (unpaired) electrons. The lowest BCUT2D eigenvalue weighted by Crippen LogP contribution is -2.13. The molecule has 0 amide bonds. The lowest BCUT2D eigenvalue weighted by molar-refractivity contribution is 0.0990. The Hall–Kier alpha value is -0.650. The fraction of sp³-hybridized carbons (Fsp3) is 0.800. The molecule has 1 aromatic rings. The largest absolute Gasteiger partial charge is 0.383 e. The summed E-state index contributed by atoms with van der Waals surface area (Å²) in [5.41, 5.74) is 0. The Labute approximate surface area is 99.7 Å². The first-order valence-corrected chi connectivity index (χ1v) is 5.98. The van der Waals surface area contributed by atoms with Crippen molar-refractivity contribution >= 4 is 11.6 Å². The molecule has 1 unspecified atom stereocenters. The average molecular weight is 246 g/mol. The number of hydrogen-bond acceptors (Lipinski definition) is 4. The summed E-state index contributed by atoms with van der Waals surface area (Å²) in [6.07, 6.45) is 2.16. The first-order chi connectivity index (χ1) is 7.86. The van der Waals surface area contributed by atoms with Crippen LogP contribution in [0.3, 0.4) is 0 Å². The van der Waals surface area contributed by atoms with Crippen molar-refractivity contribution in [3.8, 4) is 0 Å².